The monoisotopic (exact) mass is 416 g/mol. The highest BCUT2D eigenvalue weighted by atomic mass is 28.4. The molecule has 3 rings (SSSR count). The van der Waals surface area contributed by atoms with E-state index < -0.39 is 26.1 Å². The van der Waals surface area contributed by atoms with E-state index in [1.165, 1.54) is 0 Å². The van der Waals surface area contributed by atoms with E-state index in [0.29, 0.717) is 17.9 Å². The summed E-state index contributed by atoms with van der Waals surface area (Å²) in [5.41, 5.74) is 0.524. The predicted octanol–water partition coefficient (Wildman–Crippen LogP) is 3.89. The first-order valence-electron chi connectivity index (χ1n) is 9.99. The minimum absolute atomic E-state index is 0.108. The number of fused-ring (bicyclic) bond motifs is 1. The van der Waals surface area contributed by atoms with Crippen LogP contribution in [0.1, 0.15) is 51.8 Å². The molecule has 0 saturated carbocycles. The molecule has 1 N–H and O–H groups in total. The fourth-order valence-corrected chi connectivity index (χ4v) is 4.20. The maximum atomic E-state index is 13.0. The zero-order chi connectivity index (χ0) is 21.6. The van der Waals surface area contributed by atoms with Crippen molar-refractivity contribution in [2.24, 2.45) is 0 Å². The Labute approximate surface area is 173 Å². The highest BCUT2D eigenvalue weighted by Crippen LogP contribution is 2.41. The lowest BCUT2D eigenvalue weighted by atomic mass is 9.87. The maximum Gasteiger partial charge on any atom is 0.251 e. The third kappa shape index (κ3) is 4.17. The number of aliphatic hydroxyl groups excluding tert-OH is 1. The van der Waals surface area contributed by atoms with Gasteiger partial charge in [-0.2, -0.15) is 0 Å². The van der Waals surface area contributed by atoms with Crippen LogP contribution >= 0.6 is 0 Å². The molecule has 3 heterocycles. The van der Waals surface area contributed by atoms with Crippen LogP contribution in [0.4, 0.5) is 0 Å². The summed E-state index contributed by atoms with van der Waals surface area (Å²) < 4.78 is 13.7. The summed E-state index contributed by atoms with van der Waals surface area (Å²) in [5, 5.41) is 11.1. The van der Waals surface area contributed by atoms with E-state index in [1.807, 2.05) is 19.9 Å². The van der Waals surface area contributed by atoms with Crippen molar-refractivity contribution in [1.29, 1.82) is 0 Å². The van der Waals surface area contributed by atoms with Crippen LogP contribution in [0.25, 0.3) is 0 Å². The maximum absolute atomic E-state index is 13.0. The van der Waals surface area contributed by atoms with Gasteiger partial charge < -0.3 is 18.8 Å². The third-order valence-electron chi connectivity index (χ3n) is 6.23. The van der Waals surface area contributed by atoms with Crippen molar-refractivity contribution in [1.82, 2.24) is 9.55 Å². The van der Waals surface area contributed by atoms with Crippen molar-refractivity contribution in [3.63, 3.8) is 0 Å². The fourth-order valence-electron chi connectivity index (χ4n) is 3.24. The number of hydrogen-bond donors (Lipinski definition) is 1. The second kappa shape index (κ2) is 7.38. The van der Waals surface area contributed by atoms with Crippen molar-refractivity contribution in [3.05, 3.63) is 58.3 Å². The fraction of sp³-hybridized carbons (Fsp3) is 0.545. The molecule has 1 aliphatic heterocycles. The lowest BCUT2D eigenvalue weighted by Gasteiger charge is -2.42. The second-order valence-corrected chi connectivity index (χ2v) is 14.6. The number of ether oxygens (including phenoxy) is 1. The average Bonchev–Trinajstić information content (AvgIpc) is 2.61. The van der Waals surface area contributed by atoms with Gasteiger partial charge in [-0.1, -0.05) is 20.8 Å². The summed E-state index contributed by atoms with van der Waals surface area (Å²) in [7, 11) is -1.90. The molecule has 1 aliphatic rings. The summed E-state index contributed by atoms with van der Waals surface area (Å²) in [6.45, 7) is 15.0. The van der Waals surface area contributed by atoms with Gasteiger partial charge in [0.15, 0.2) is 8.32 Å². The summed E-state index contributed by atoms with van der Waals surface area (Å²) in [6.07, 6.45) is 4.14. The molecule has 0 spiro atoms. The Hall–Kier alpha value is -1.96. The Morgan fingerprint density at radius 1 is 1.31 bits per heavy atom. The van der Waals surface area contributed by atoms with E-state index in [1.54, 1.807) is 35.3 Å². The molecule has 0 saturated heterocycles. The van der Waals surface area contributed by atoms with E-state index >= 15 is 0 Å². The summed E-state index contributed by atoms with van der Waals surface area (Å²) in [4.78, 5) is 17.1. The molecule has 0 unspecified atom stereocenters. The van der Waals surface area contributed by atoms with Crippen LogP contribution in [-0.4, -0.2) is 34.7 Å². The molecule has 0 amide bonds. The molecule has 6 nitrogen and oxygen atoms in total. The van der Waals surface area contributed by atoms with Gasteiger partial charge in [0, 0.05) is 30.2 Å². The van der Waals surface area contributed by atoms with Crippen molar-refractivity contribution in [3.8, 4) is 5.75 Å². The topological polar surface area (TPSA) is 73.6 Å². The number of aromatic nitrogens is 2. The van der Waals surface area contributed by atoms with Crippen LogP contribution in [0.2, 0.25) is 18.1 Å². The van der Waals surface area contributed by atoms with Gasteiger partial charge in [-0.15, -0.1) is 0 Å². The first-order valence-corrected chi connectivity index (χ1v) is 12.9. The molecular weight excluding hydrogens is 384 g/mol. The number of pyridine rings is 2. The third-order valence-corrected chi connectivity index (χ3v) is 10.7. The highest BCUT2D eigenvalue weighted by Gasteiger charge is 2.44. The van der Waals surface area contributed by atoms with Gasteiger partial charge in [0.25, 0.3) is 5.56 Å². The molecule has 158 valence electrons. The van der Waals surface area contributed by atoms with Crippen LogP contribution in [-0.2, 0) is 11.0 Å². The number of aliphatic hydroxyl groups is 1. The zero-order valence-electron chi connectivity index (χ0n) is 18.4. The van der Waals surface area contributed by atoms with Crippen molar-refractivity contribution in [2.45, 2.75) is 77.1 Å². The molecule has 0 radical (unpaired) electrons. The molecule has 0 aromatic carbocycles. The van der Waals surface area contributed by atoms with Gasteiger partial charge in [-0.3, -0.25) is 9.78 Å². The van der Waals surface area contributed by atoms with Crippen LogP contribution in [0.5, 0.6) is 5.75 Å². The lowest BCUT2D eigenvalue weighted by molar-refractivity contribution is -0.0644. The van der Waals surface area contributed by atoms with Gasteiger partial charge in [0.2, 0.25) is 0 Å². The second-order valence-electron chi connectivity index (χ2n) is 9.84. The van der Waals surface area contributed by atoms with Crippen LogP contribution < -0.4 is 10.3 Å². The average molecular weight is 417 g/mol. The molecule has 29 heavy (non-hydrogen) atoms. The first kappa shape index (κ1) is 21.7. The number of rotatable bonds is 4. The standard InChI is InChI=1S/C22H32N2O4Si/c1-21(2,3)29(6,7)27-14-15-9-11-24(18(25)12-15)19-16-13-23-10-8-17(16)28-22(4,5)20(19)26/h8-13,19-20,26H,14H2,1-7H3/t19-,20+/m1/s1. The van der Waals surface area contributed by atoms with Crippen molar-refractivity contribution < 1.29 is 14.3 Å². The molecule has 0 bridgehead atoms. The van der Waals surface area contributed by atoms with E-state index in [9.17, 15) is 9.90 Å². The highest BCUT2D eigenvalue weighted by molar-refractivity contribution is 6.74. The molecule has 7 heteroatoms. The van der Waals surface area contributed by atoms with Crippen molar-refractivity contribution >= 4 is 8.32 Å². The van der Waals surface area contributed by atoms with Crippen LogP contribution in [0.15, 0.2) is 41.6 Å². The van der Waals surface area contributed by atoms with Crippen LogP contribution in [0.3, 0.4) is 0 Å². The van der Waals surface area contributed by atoms with Crippen LogP contribution in [0, 0.1) is 0 Å². The van der Waals surface area contributed by atoms with E-state index in [2.05, 4.69) is 38.8 Å². The SMILES string of the molecule is CC1(C)Oc2ccncc2[C@@H](n2ccc(CO[Si](C)(C)C(C)(C)C)cc2=O)[C@@H]1O. The Bertz CT molecular complexity index is 946. The van der Waals surface area contributed by atoms with Gasteiger partial charge in [0.1, 0.15) is 17.5 Å². The minimum atomic E-state index is -1.90. The first-order chi connectivity index (χ1) is 13.3. The molecular formula is C22H32N2O4Si. The summed E-state index contributed by atoms with van der Waals surface area (Å²) in [6, 6.07) is 4.69. The largest absolute Gasteiger partial charge is 0.485 e. The normalized spacial score (nSPS) is 21.4. The Morgan fingerprint density at radius 2 is 2.00 bits per heavy atom. The summed E-state index contributed by atoms with van der Waals surface area (Å²) >= 11 is 0. The molecule has 0 aliphatic carbocycles. The predicted molar refractivity (Wildman–Crippen MR) is 116 cm³/mol. The molecule has 2 aromatic rings. The van der Waals surface area contributed by atoms with E-state index in [-0.39, 0.29) is 10.6 Å². The number of hydrogen-bond acceptors (Lipinski definition) is 5. The quantitative estimate of drug-likeness (QED) is 0.766. The Kier molecular flexibility index (Phi) is 5.53. The molecule has 0 fully saturated rings. The van der Waals surface area contributed by atoms with Gasteiger partial charge in [-0.25, -0.2) is 0 Å². The van der Waals surface area contributed by atoms with Crippen molar-refractivity contribution in [2.75, 3.05) is 0 Å². The zero-order valence-corrected chi connectivity index (χ0v) is 19.4. The van der Waals surface area contributed by atoms with Gasteiger partial charge in [0.05, 0.1) is 12.6 Å². The number of nitrogens with zero attached hydrogens (tertiary/aromatic N) is 2. The minimum Gasteiger partial charge on any atom is -0.485 e. The summed E-state index contributed by atoms with van der Waals surface area (Å²) in [5.74, 6) is 0.637. The Balaban J connectivity index is 1.92. The van der Waals surface area contributed by atoms with Gasteiger partial charge in [-0.05, 0) is 49.7 Å². The van der Waals surface area contributed by atoms with E-state index in [0.717, 1.165) is 5.56 Å². The lowest BCUT2D eigenvalue weighted by Crippen LogP contribution is -2.52. The Morgan fingerprint density at radius 3 is 2.62 bits per heavy atom. The van der Waals surface area contributed by atoms with E-state index in [4.69, 9.17) is 9.16 Å². The smallest absolute Gasteiger partial charge is 0.251 e. The molecule has 2 atom stereocenters. The molecule has 2 aromatic heterocycles. The van der Waals surface area contributed by atoms with Gasteiger partial charge >= 0.3 is 0 Å².